The molecule has 1 atom stereocenters. The second kappa shape index (κ2) is 7.88. The van der Waals surface area contributed by atoms with Crippen LogP contribution in [0.3, 0.4) is 0 Å². The number of carboxylic acid groups (broad SMARTS) is 1. The smallest absolute Gasteiger partial charge is 0.303 e. The number of carbonyl (C=O) groups is 1. The third-order valence-corrected chi connectivity index (χ3v) is 3.31. The average molecular weight is 249 g/mol. The molecule has 0 radical (unpaired) electrons. The van der Waals surface area contributed by atoms with E-state index in [9.17, 15) is 4.79 Å². The second-order valence-electron chi connectivity index (χ2n) is 4.73. The molecule has 1 unspecified atom stereocenters. The first-order valence-electron chi connectivity index (χ1n) is 6.59. The van der Waals surface area contributed by atoms with Crippen molar-refractivity contribution in [2.45, 2.75) is 38.6 Å². The van der Waals surface area contributed by atoms with Crippen molar-refractivity contribution in [3.8, 4) is 0 Å². The van der Waals surface area contributed by atoms with Crippen molar-refractivity contribution in [1.29, 1.82) is 0 Å². The van der Waals surface area contributed by atoms with Crippen LogP contribution in [0, 0.1) is 0 Å². The molecule has 0 fully saturated rings. The summed E-state index contributed by atoms with van der Waals surface area (Å²) in [6, 6.07) is 10.9. The highest BCUT2D eigenvalue weighted by atomic mass is 16.4. The van der Waals surface area contributed by atoms with Crippen molar-refractivity contribution in [2.75, 3.05) is 13.6 Å². The molecule has 0 aliphatic heterocycles. The Balaban J connectivity index is 2.42. The summed E-state index contributed by atoms with van der Waals surface area (Å²) in [7, 11) is 2.08. The molecule has 1 aromatic carbocycles. The van der Waals surface area contributed by atoms with E-state index in [1.54, 1.807) is 0 Å². The molecule has 18 heavy (non-hydrogen) atoms. The van der Waals surface area contributed by atoms with Gasteiger partial charge in [-0.2, -0.15) is 0 Å². The van der Waals surface area contributed by atoms with E-state index in [-0.39, 0.29) is 6.42 Å². The van der Waals surface area contributed by atoms with Gasteiger partial charge in [0.2, 0.25) is 0 Å². The van der Waals surface area contributed by atoms with Crippen molar-refractivity contribution in [2.24, 2.45) is 0 Å². The van der Waals surface area contributed by atoms with Gasteiger partial charge < -0.3 is 10.0 Å². The number of hydrogen-bond acceptors (Lipinski definition) is 2. The van der Waals surface area contributed by atoms with Crippen LogP contribution in [0.4, 0.5) is 0 Å². The fourth-order valence-corrected chi connectivity index (χ4v) is 2.16. The Morgan fingerprint density at radius 2 is 2.00 bits per heavy atom. The van der Waals surface area contributed by atoms with Crippen LogP contribution in [0.1, 0.15) is 31.7 Å². The minimum absolute atomic E-state index is 0.256. The Labute approximate surface area is 109 Å². The molecule has 1 N–H and O–H groups in total. The quantitative estimate of drug-likeness (QED) is 0.770. The van der Waals surface area contributed by atoms with Crippen LogP contribution in [0.25, 0.3) is 0 Å². The first kappa shape index (κ1) is 14.7. The van der Waals surface area contributed by atoms with Crippen molar-refractivity contribution < 1.29 is 9.90 Å². The predicted octanol–water partition coefficient (Wildman–Crippen LogP) is 2.80. The van der Waals surface area contributed by atoms with Crippen LogP contribution in [-0.2, 0) is 11.2 Å². The summed E-state index contributed by atoms with van der Waals surface area (Å²) in [4.78, 5) is 12.8. The van der Waals surface area contributed by atoms with Crippen LogP contribution in [0.2, 0.25) is 0 Å². The Hall–Kier alpha value is -1.35. The standard InChI is InChI=1S/C15H23NO2/c1-3-14(12-13-8-5-4-6-9-13)16(2)11-7-10-15(17)18/h4-6,8-9,14H,3,7,10-12H2,1-2H3,(H,17,18). The first-order chi connectivity index (χ1) is 8.63. The van der Waals surface area contributed by atoms with Gasteiger partial charge in [0.15, 0.2) is 0 Å². The predicted molar refractivity (Wildman–Crippen MR) is 73.7 cm³/mol. The Morgan fingerprint density at radius 3 is 2.56 bits per heavy atom. The largest absolute Gasteiger partial charge is 0.481 e. The maximum absolute atomic E-state index is 10.5. The van der Waals surface area contributed by atoms with E-state index >= 15 is 0 Å². The summed E-state index contributed by atoms with van der Waals surface area (Å²) in [6.45, 7) is 3.03. The topological polar surface area (TPSA) is 40.5 Å². The molecule has 1 rings (SSSR count). The highest BCUT2D eigenvalue weighted by molar-refractivity contribution is 5.66. The van der Waals surface area contributed by atoms with Gasteiger partial charge in [0.25, 0.3) is 0 Å². The van der Waals surface area contributed by atoms with Crippen molar-refractivity contribution >= 4 is 5.97 Å². The van der Waals surface area contributed by atoms with Gasteiger partial charge in [-0.1, -0.05) is 37.3 Å². The van der Waals surface area contributed by atoms with Gasteiger partial charge in [-0.05, 0) is 38.4 Å². The van der Waals surface area contributed by atoms with Crippen LogP contribution < -0.4 is 0 Å². The number of benzene rings is 1. The van der Waals surface area contributed by atoms with Crippen LogP contribution >= 0.6 is 0 Å². The van der Waals surface area contributed by atoms with Gasteiger partial charge in [-0.3, -0.25) is 4.79 Å². The molecule has 1 aromatic rings. The average Bonchev–Trinajstić information content (AvgIpc) is 2.36. The van der Waals surface area contributed by atoms with Gasteiger partial charge in [0, 0.05) is 12.5 Å². The number of nitrogens with zero attached hydrogens (tertiary/aromatic N) is 1. The van der Waals surface area contributed by atoms with Crippen molar-refractivity contribution in [3.05, 3.63) is 35.9 Å². The van der Waals surface area contributed by atoms with Gasteiger partial charge in [-0.25, -0.2) is 0 Å². The molecule has 100 valence electrons. The fourth-order valence-electron chi connectivity index (χ4n) is 2.16. The zero-order valence-corrected chi connectivity index (χ0v) is 11.3. The lowest BCUT2D eigenvalue weighted by molar-refractivity contribution is -0.137. The molecular formula is C15H23NO2. The third-order valence-electron chi connectivity index (χ3n) is 3.31. The normalized spacial score (nSPS) is 12.6. The summed E-state index contributed by atoms with van der Waals surface area (Å²) < 4.78 is 0. The number of rotatable bonds is 8. The Morgan fingerprint density at radius 1 is 1.33 bits per heavy atom. The molecule has 0 amide bonds. The maximum atomic E-state index is 10.5. The van der Waals surface area contributed by atoms with E-state index in [1.165, 1.54) is 5.56 Å². The van der Waals surface area contributed by atoms with Gasteiger partial charge in [0.05, 0.1) is 0 Å². The highest BCUT2D eigenvalue weighted by Crippen LogP contribution is 2.11. The van der Waals surface area contributed by atoms with E-state index in [2.05, 4.69) is 43.1 Å². The molecule has 0 bridgehead atoms. The molecule has 0 spiro atoms. The van der Waals surface area contributed by atoms with Crippen molar-refractivity contribution in [1.82, 2.24) is 4.90 Å². The lowest BCUT2D eigenvalue weighted by Crippen LogP contribution is -2.34. The van der Waals surface area contributed by atoms with E-state index < -0.39 is 5.97 Å². The summed E-state index contributed by atoms with van der Waals surface area (Å²) in [6.07, 6.45) is 3.09. The maximum Gasteiger partial charge on any atom is 0.303 e. The number of aliphatic carboxylic acids is 1. The molecule has 3 heteroatoms. The SMILES string of the molecule is CCC(Cc1ccccc1)N(C)CCCC(=O)O. The van der Waals surface area contributed by atoms with E-state index in [0.717, 1.165) is 25.8 Å². The number of hydrogen-bond donors (Lipinski definition) is 1. The summed E-state index contributed by atoms with van der Waals surface area (Å²) in [5.74, 6) is -0.709. The summed E-state index contributed by atoms with van der Waals surface area (Å²) >= 11 is 0. The van der Waals surface area contributed by atoms with Gasteiger partial charge >= 0.3 is 5.97 Å². The Bertz CT molecular complexity index is 351. The lowest BCUT2D eigenvalue weighted by atomic mass is 10.0. The molecule has 0 aliphatic carbocycles. The minimum atomic E-state index is -0.709. The van der Waals surface area contributed by atoms with Gasteiger partial charge in [-0.15, -0.1) is 0 Å². The summed E-state index contributed by atoms with van der Waals surface area (Å²) in [5.41, 5.74) is 1.34. The molecule has 0 saturated heterocycles. The van der Waals surface area contributed by atoms with E-state index in [0.29, 0.717) is 6.04 Å². The van der Waals surface area contributed by atoms with Crippen LogP contribution in [0.15, 0.2) is 30.3 Å². The fraction of sp³-hybridized carbons (Fsp3) is 0.533. The molecule has 0 aromatic heterocycles. The Kier molecular flexibility index (Phi) is 6.44. The van der Waals surface area contributed by atoms with E-state index in [1.807, 2.05) is 6.07 Å². The zero-order valence-electron chi connectivity index (χ0n) is 11.3. The van der Waals surface area contributed by atoms with Gasteiger partial charge in [0.1, 0.15) is 0 Å². The molecule has 0 aliphatic rings. The summed E-state index contributed by atoms with van der Waals surface area (Å²) in [5, 5.41) is 8.64. The molecule has 0 heterocycles. The van der Waals surface area contributed by atoms with Crippen LogP contribution in [0.5, 0.6) is 0 Å². The highest BCUT2D eigenvalue weighted by Gasteiger charge is 2.13. The van der Waals surface area contributed by atoms with Crippen LogP contribution in [-0.4, -0.2) is 35.6 Å². The minimum Gasteiger partial charge on any atom is -0.481 e. The monoisotopic (exact) mass is 249 g/mol. The molecular weight excluding hydrogens is 226 g/mol. The number of likely N-dealkylation sites (N-methyl/N-ethyl adjacent to an activating group) is 1. The number of carboxylic acids is 1. The zero-order chi connectivity index (χ0) is 13.4. The first-order valence-corrected chi connectivity index (χ1v) is 6.59. The lowest BCUT2D eigenvalue weighted by Gasteiger charge is -2.27. The molecule has 0 saturated carbocycles. The second-order valence-corrected chi connectivity index (χ2v) is 4.73. The third kappa shape index (κ3) is 5.32. The van der Waals surface area contributed by atoms with E-state index in [4.69, 9.17) is 5.11 Å². The van der Waals surface area contributed by atoms with Crippen molar-refractivity contribution in [3.63, 3.8) is 0 Å². The molecule has 3 nitrogen and oxygen atoms in total.